The molecule has 0 aliphatic carbocycles. The van der Waals surface area contributed by atoms with Gasteiger partial charge in [0, 0.05) is 21.5 Å². The van der Waals surface area contributed by atoms with Crippen molar-refractivity contribution in [3.05, 3.63) is 68.7 Å². The van der Waals surface area contributed by atoms with Gasteiger partial charge in [-0.3, -0.25) is 0 Å². The van der Waals surface area contributed by atoms with Gasteiger partial charge in [0.15, 0.2) is 0 Å². The summed E-state index contributed by atoms with van der Waals surface area (Å²) in [4.78, 5) is 0. The van der Waals surface area contributed by atoms with Crippen LogP contribution in [0.2, 0.25) is 5.02 Å². The maximum atomic E-state index is 10.8. The highest BCUT2D eigenvalue weighted by Crippen LogP contribution is 2.33. The fourth-order valence-electron chi connectivity index (χ4n) is 2.44. The minimum absolute atomic E-state index is 0.514. The Morgan fingerprint density at radius 1 is 1.14 bits per heavy atom. The first-order valence-corrected chi connectivity index (χ1v) is 8.23. The molecule has 1 unspecified atom stereocenters. The largest absolute Gasteiger partial charge is 0.385 e. The molecule has 0 spiro atoms. The summed E-state index contributed by atoms with van der Waals surface area (Å²) in [6.45, 7) is 6.15. The summed E-state index contributed by atoms with van der Waals surface area (Å²) in [5.74, 6) is 0.514. The Hall–Kier alpha value is -0.830. The molecule has 2 rings (SSSR count). The molecule has 0 aliphatic rings. The van der Waals surface area contributed by atoms with Gasteiger partial charge in [-0.15, -0.1) is 0 Å². The summed E-state index contributed by atoms with van der Waals surface area (Å²) >= 11 is 9.64. The zero-order chi connectivity index (χ0) is 15.6. The van der Waals surface area contributed by atoms with Crippen LogP contribution in [0.1, 0.15) is 43.4 Å². The smallest absolute Gasteiger partial charge is 0.0923 e. The molecule has 0 aromatic heterocycles. The van der Waals surface area contributed by atoms with E-state index in [9.17, 15) is 5.11 Å². The summed E-state index contributed by atoms with van der Waals surface area (Å²) in [6, 6.07) is 14.0. The van der Waals surface area contributed by atoms with E-state index in [0.29, 0.717) is 17.4 Å². The first kappa shape index (κ1) is 16.5. The van der Waals surface area contributed by atoms with Crippen LogP contribution in [0.4, 0.5) is 0 Å². The van der Waals surface area contributed by atoms with Gasteiger partial charge in [-0.1, -0.05) is 71.7 Å². The topological polar surface area (TPSA) is 20.2 Å². The highest BCUT2D eigenvalue weighted by atomic mass is 79.9. The summed E-state index contributed by atoms with van der Waals surface area (Å²) < 4.78 is 0.910. The second-order valence-corrected chi connectivity index (χ2v) is 7.29. The SMILES string of the molecule is CC(C)c1ccc(CC(C)(O)c2ccc(Br)cc2Cl)cc1. The monoisotopic (exact) mass is 366 g/mol. The van der Waals surface area contributed by atoms with Gasteiger partial charge < -0.3 is 5.11 Å². The molecule has 0 amide bonds. The van der Waals surface area contributed by atoms with Crippen molar-refractivity contribution < 1.29 is 5.11 Å². The van der Waals surface area contributed by atoms with E-state index in [2.05, 4.69) is 54.0 Å². The van der Waals surface area contributed by atoms with Crippen molar-refractivity contribution in [3.8, 4) is 0 Å². The molecule has 2 aromatic carbocycles. The third-order valence-electron chi connectivity index (χ3n) is 3.71. The van der Waals surface area contributed by atoms with E-state index < -0.39 is 5.60 Å². The van der Waals surface area contributed by atoms with Crippen LogP contribution in [-0.2, 0) is 12.0 Å². The molecule has 1 nitrogen and oxygen atoms in total. The third kappa shape index (κ3) is 4.09. The van der Waals surface area contributed by atoms with Crippen molar-refractivity contribution in [1.29, 1.82) is 0 Å². The maximum absolute atomic E-state index is 10.8. The van der Waals surface area contributed by atoms with Gasteiger partial charge in [0.25, 0.3) is 0 Å². The Morgan fingerprint density at radius 2 is 1.76 bits per heavy atom. The van der Waals surface area contributed by atoms with Crippen LogP contribution in [0.25, 0.3) is 0 Å². The van der Waals surface area contributed by atoms with Crippen molar-refractivity contribution in [2.45, 2.75) is 38.7 Å². The Morgan fingerprint density at radius 3 is 2.29 bits per heavy atom. The lowest BCUT2D eigenvalue weighted by molar-refractivity contribution is 0.0577. The molecule has 0 fully saturated rings. The number of halogens is 2. The Labute approximate surface area is 140 Å². The van der Waals surface area contributed by atoms with Crippen LogP contribution in [0.5, 0.6) is 0 Å². The molecule has 112 valence electrons. The van der Waals surface area contributed by atoms with Crippen molar-refractivity contribution in [3.63, 3.8) is 0 Å². The van der Waals surface area contributed by atoms with Crippen LogP contribution in [0, 0.1) is 0 Å². The van der Waals surface area contributed by atoms with E-state index in [1.54, 1.807) is 6.92 Å². The predicted molar refractivity (Wildman–Crippen MR) is 93.0 cm³/mol. The number of aliphatic hydroxyl groups is 1. The normalized spacial score (nSPS) is 14.2. The van der Waals surface area contributed by atoms with Crippen LogP contribution in [-0.4, -0.2) is 5.11 Å². The van der Waals surface area contributed by atoms with Gasteiger partial charge in [-0.05, 0) is 36.1 Å². The van der Waals surface area contributed by atoms with Gasteiger partial charge in [0.05, 0.1) is 5.60 Å². The number of rotatable bonds is 4. The number of benzene rings is 2. The Kier molecular flexibility index (Phi) is 5.13. The lowest BCUT2D eigenvalue weighted by Crippen LogP contribution is -2.24. The summed E-state index contributed by atoms with van der Waals surface area (Å²) in [7, 11) is 0. The van der Waals surface area contributed by atoms with Crippen molar-refractivity contribution in [2.75, 3.05) is 0 Å². The minimum Gasteiger partial charge on any atom is -0.385 e. The lowest BCUT2D eigenvalue weighted by Gasteiger charge is -2.25. The van der Waals surface area contributed by atoms with E-state index in [4.69, 9.17) is 11.6 Å². The van der Waals surface area contributed by atoms with E-state index in [-0.39, 0.29) is 0 Å². The average Bonchev–Trinajstić information content (AvgIpc) is 2.38. The van der Waals surface area contributed by atoms with Crippen LogP contribution in [0.3, 0.4) is 0 Å². The fraction of sp³-hybridized carbons (Fsp3) is 0.333. The first-order chi connectivity index (χ1) is 9.79. The molecular formula is C18H20BrClO. The summed E-state index contributed by atoms with van der Waals surface area (Å²) in [5.41, 5.74) is 2.17. The van der Waals surface area contributed by atoms with Gasteiger partial charge in [-0.25, -0.2) is 0 Å². The van der Waals surface area contributed by atoms with Crippen molar-refractivity contribution in [2.24, 2.45) is 0 Å². The highest BCUT2D eigenvalue weighted by Gasteiger charge is 2.26. The second-order valence-electron chi connectivity index (χ2n) is 5.97. The molecule has 0 saturated carbocycles. The van der Waals surface area contributed by atoms with E-state index in [1.807, 2.05) is 18.2 Å². The zero-order valence-corrected chi connectivity index (χ0v) is 14.9. The molecule has 3 heteroatoms. The Bertz CT molecular complexity index is 618. The second kappa shape index (κ2) is 6.51. The minimum atomic E-state index is -0.989. The van der Waals surface area contributed by atoms with Crippen LogP contribution >= 0.6 is 27.5 Å². The lowest BCUT2D eigenvalue weighted by atomic mass is 9.88. The molecule has 1 atom stereocenters. The van der Waals surface area contributed by atoms with Gasteiger partial charge in [-0.2, -0.15) is 0 Å². The van der Waals surface area contributed by atoms with Gasteiger partial charge >= 0.3 is 0 Å². The van der Waals surface area contributed by atoms with Gasteiger partial charge in [0.2, 0.25) is 0 Å². The van der Waals surface area contributed by atoms with Crippen molar-refractivity contribution in [1.82, 2.24) is 0 Å². The van der Waals surface area contributed by atoms with E-state index in [1.165, 1.54) is 5.56 Å². The van der Waals surface area contributed by atoms with Crippen molar-refractivity contribution >= 4 is 27.5 Å². The van der Waals surface area contributed by atoms with Crippen LogP contribution < -0.4 is 0 Å². The third-order valence-corrected chi connectivity index (χ3v) is 4.51. The molecule has 0 radical (unpaired) electrons. The quantitative estimate of drug-likeness (QED) is 0.737. The highest BCUT2D eigenvalue weighted by molar-refractivity contribution is 9.10. The molecule has 2 aromatic rings. The van der Waals surface area contributed by atoms with Crippen LogP contribution in [0.15, 0.2) is 46.9 Å². The molecular weight excluding hydrogens is 348 g/mol. The summed E-state index contributed by atoms with van der Waals surface area (Å²) in [6.07, 6.45) is 0.534. The molecule has 0 saturated heterocycles. The molecule has 1 N–H and O–H groups in total. The fourth-order valence-corrected chi connectivity index (χ4v) is 3.32. The predicted octanol–water partition coefficient (Wildman–Crippen LogP) is 5.68. The van der Waals surface area contributed by atoms with Gasteiger partial charge in [0.1, 0.15) is 0 Å². The standard InChI is InChI=1S/C18H20BrClO/c1-12(2)14-6-4-13(5-7-14)11-18(3,21)16-9-8-15(19)10-17(16)20/h4-10,12,21H,11H2,1-3H3. The summed E-state index contributed by atoms with van der Waals surface area (Å²) in [5, 5.41) is 11.4. The van der Waals surface area contributed by atoms with E-state index in [0.717, 1.165) is 15.6 Å². The Balaban J connectivity index is 2.24. The molecule has 0 bridgehead atoms. The number of hydrogen-bond acceptors (Lipinski definition) is 1. The molecule has 21 heavy (non-hydrogen) atoms. The molecule has 0 aliphatic heterocycles. The maximum Gasteiger partial charge on any atom is 0.0923 e. The first-order valence-electron chi connectivity index (χ1n) is 7.06. The van der Waals surface area contributed by atoms with E-state index >= 15 is 0 Å². The average molecular weight is 368 g/mol. The zero-order valence-electron chi connectivity index (χ0n) is 12.5. The molecule has 0 heterocycles. The number of hydrogen-bond donors (Lipinski definition) is 1.